The molecule has 0 unspecified atom stereocenters. The Morgan fingerprint density at radius 3 is 2.46 bits per heavy atom. The summed E-state index contributed by atoms with van der Waals surface area (Å²) in [5, 5.41) is 16.3. The predicted octanol–water partition coefficient (Wildman–Crippen LogP) is 2.81. The molecule has 0 spiro atoms. The molecule has 0 atom stereocenters. The van der Waals surface area contributed by atoms with Crippen LogP contribution in [0.3, 0.4) is 0 Å². The lowest BCUT2D eigenvalue weighted by Crippen LogP contribution is -2.30. The van der Waals surface area contributed by atoms with E-state index in [0.717, 1.165) is 11.3 Å². The van der Waals surface area contributed by atoms with Crippen molar-refractivity contribution < 1.29 is 4.79 Å². The second kappa shape index (κ2) is 8.10. The molecule has 0 aliphatic carbocycles. The van der Waals surface area contributed by atoms with Crippen molar-refractivity contribution in [3.05, 3.63) is 78.0 Å². The highest BCUT2D eigenvalue weighted by atomic mass is 16.2. The third-order valence-corrected chi connectivity index (χ3v) is 3.86. The van der Waals surface area contributed by atoms with E-state index in [-0.39, 0.29) is 12.5 Å². The first-order valence-electron chi connectivity index (χ1n) is 8.23. The van der Waals surface area contributed by atoms with Crippen LogP contribution in [0, 0.1) is 11.3 Å². The van der Waals surface area contributed by atoms with Crippen LogP contribution in [0.15, 0.2) is 66.9 Å². The summed E-state index contributed by atoms with van der Waals surface area (Å²) < 4.78 is 1.56. The molecule has 130 valence electrons. The molecule has 0 aliphatic heterocycles. The molecular formula is C20H19N5O. The van der Waals surface area contributed by atoms with Gasteiger partial charge in [-0.15, -0.1) is 0 Å². The van der Waals surface area contributed by atoms with Gasteiger partial charge in [-0.3, -0.25) is 9.69 Å². The minimum Gasteiger partial charge on any atom is -0.308 e. The average molecular weight is 345 g/mol. The fraction of sp³-hybridized carbons (Fsp3) is 0.150. The van der Waals surface area contributed by atoms with Crippen molar-refractivity contribution in [2.75, 3.05) is 18.9 Å². The predicted molar refractivity (Wildman–Crippen MR) is 99.7 cm³/mol. The lowest BCUT2D eigenvalue weighted by molar-refractivity contribution is -0.117. The molecule has 2 aromatic carbocycles. The molecule has 1 heterocycles. The summed E-state index contributed by atoms with van der Waals surface area (Å²) in [6.07, 6.45) is 1.45. The van der Waals surface area contributed by atoms with Crippen molar-refractivity contribution >= 4 is 11.7 Å². The van der Waals surface area contributed by atoms with Gasteiger partial charge in [0.15, 0.2) is 5.82 Å². The second-order valence-corrected chi connectivity index (χ2v) is 5.97. The van der Waals surface area contributed by atoms with Crippen LogP contribution in [0.4, 0.5) is 5.82 Å². The van der Waals surface area contributed by atoms with Crippen LogP contribution >= 0.6 is 0 Å². The van der Waals surface area contributed by atoms with Gasteiger partial charge in [0.05, 0.1) is 18.4 Å². The Morgan fingerprint density at radius 2 is 1.81 bits per heavy atom. The zero-order valence-electron chi connectivity index (χ0n) is 14.5. The molecule has 0 saturated heterocycles. The van der Waals surface area contributed by atoms with Crippen LogP contribution in [-0.4, -0.2) is 34.2 Å². The average Bonchev–Trinajstić information content (AvgIpc) is 3.05. The van der Waals surface area contributed by atoms with Crippen LogP contribution < -0.4 is 5.32 Å². The van der Waals surface area contributed by atoms with Crippen molar-refractivity contribution in [3.8, 4) is 11.8 Å². The molecule has 0 saturated carbocycles. The Hall–Kier alpha value is -3.43. The van der Waals surface area contributed by atoms with Crippen LogP contribution in [-0.2, 0) is 11.3 Å². The first-order valence-corrected chi connectivity index (χ1v) is 8.23. The molecule has 1 amide bonds. The van der Waals surface area contributed by atoms with Gasteiger partial charge in [-0.05, 0) is 24.7 Å². The molecule has 6 nitrogen and oxygen atoms in total. The van der Waals surface area contributed by atoms with Crippen LogP contribution in [0.5, 0.6) is 0 Å². The zero-order chi connectivity index (χ0) is 18.4. The van der Waals surface area contributed by atoms with Gasteiger partial charge >= 0.3 is 0 Å². The molecule has 0 bridgehead atoms. The van der Waals surface area contributed by atoms with E-state index in [9.17, 15) is 10.1 Å². The monoisotopic (exact) mass is 345 g/mol. The number of hydrogen-bond acceptors (Lipinski definition) is 4. The van der Waals surface area contributed by atoms with E-state index in [4.69, 9.17) is 0 Å². The number of nitrogens with zero attached hydrogens (tertiary/aromatic N) is 4. The molecule has 1 aromatic heterocycles. The fourth-order valence-electron chi connectivity index (χ4n) is 2.68. The van der Waals surface area contributed by atoms with Gasteiger partial charge in [-0.2, -0.15) is 10.4 Å². The summed E-state index contributed by atoms with van der Waals surface area (Å²) >= 11 is 0. The quantitative estimate of drug-likeness (QED) is 0.745. The number of aromatic nitrogens is 2. The van der Waals surface area contributed by atoms with E-state index in [2.05, 4.69) is 16.5 Å². The Bertz CT molecular complexity index is 912. The zero-order valence-corrected chi connectivity index (χ0v) is 14.5. The van der Waals surface area contributed by atoms with E-state index in [0.29, 0.717) is 17.9 Å². The standard InChI is InChI=1S/C20H19N5O/c1-24(14-16-8-4-2-5-9-16)15-19(26)23-20-17(12-21)13-22-25(20)18-10-6-3-7-11-18/h2-11,13H,14-15H2,1H3,(H,23,26). The Balaban J connectivity index is 1.71. The van der Waals surface area contributed by atoms with Gasteiger partial charge in [-0.1, -0.05) is 48.5 Å². The van der Waals surface area contributed by atoms with Crippen LogP contribution in [0.1, 0.15) is 11.1 Å². The van der Waals surface area contributed by atoms with E-state index in [1.165, 1.54) is 6.20 Å². The van der Waals surface area contributed by atoms with Gasteiger partial charge in [0, 0.05) is 6.54 Å². The lowest BCUT2D eigenvalue weighted by atomic mass is 10.2. The summed E-state index contributed by atoms with van der Waals surface area (Å²) in [6, 6.07) is 21.4. The normalized spacial score (nSPS) is 10.5. The third-order valence-electron chi connectivity index (χ3n) is 3.86. The van der Waals surface area contributed by atoms with Crippen molar-refractivity contribution in [2.24, 2.45) is 0 Å². The molecule has 26 heavy (non-hydrogen) atoms. The number of likely N-dealkylation sites (N-methyl/N-ethyl adjacent to an activating group) is 1. The minimum absolute atomic E-state index is 0.197. The van der Waals surface area contributed by atoms with Crippen molar-refractivity contribution in [2.45, 2.75) is 6.54 Å². The molecular weight excluding hydrogens is 326 g/mol. The number of nitrogens with one attached hydrogen (secondary N) is 1. The molecule has 0 fully saturated rings. The van der Waals surface area contributed by atoms with E-state index in [1.54, 1.807) is 4.68 Å². The minimum atomic E-state index is -0.197. The highest BCUT2D eigenvalue weighted by Gasteiger charge is 2.16. The molecule has 1 N–H and O–H groups in total. The summed E-state index contributed by atoms with van der Waals surface area (Å²) in [5.41, 5.74) is 2.24. The number of hydrogen-bond donors (Lipinski definition) is 1. The Kier molecular flexibility index (Phi) is 5.42. The maximum absolute atomic E-state index is 12.5. The molecule has 3 aromatic rings. The maximum atomic E-state index is 12.5. The highest BCUT2D eigenvalue weighted by Crippen LogP contribution is 2.19. The van der Waals surface area contributed by atoms with E-state index < -0.39 is 0 Å². The van der Waals surface area contributed by atoms with Gasteiger partial charge < -0.3 is 5.32 Å². The smallest absolute Gasteiger partial charge is 0.239 e. The van der Waals surface area contributed by atoms with E-state index in [1.807, 2.05) is 72.6 Å². The molecule has 3 rings (SSSR count). The first kappa shape index (κ1) is 17.4. The second-order valence-electron chi connectivity index (χ2n) is 5.97. The number of anilines is 1. The van der Waals surface area contributed by atoms with Gasteiger partial charge in [0.25, 0.3) is 0 Å². The number of nitriles is 1. The first-order chi connectivity index (χ1) is 12.7. The Morgan fingerprint density at radius 1 is 1.15 bits per heavy atom. The van der Waals surface area contributed by atoms with Crippen molar-refractivity contribution in [3.63, 3.8) is 0 Å². The largest absolute Gasteiger partial charge is 0.308 e. The number of amides is 1. The topological polar surface area (TPSA) is 74.0 Å². The van der Waals surface area contributed by atoms with Gasteiger partial charge in [-0.25, -0.2) is 4.68 Å². The summed E-state index contributed by atoms with van der Waals surface area (Å²) in [6.45, 7) is 0.872. The number of carbonyl (C=O) groups excluding carboxylic acids is 1. The maximum Gasteiger partial charge on any atom is 0.239 e. The third kappa shape index (κ3) is 4.15. The van der Waals surface area contributed by atoms with Gasteiger partial charge in [0.1, 0.15) is 11.6 Å². The summed E-state index contributed by atoms with van der Waals surface area (Å²) in [5.74, 6) is 0.189. The summed E-state index contributed by atoms with van der Waals surface area (Å²) in [4.78, 5) is 14.4. The fourth-order valence-corrected chi connectivity index (χ4v) is 2.68. The van der Waals surface area contributed by atoms with Gasteiger partial charge in [0.2, 0.25) is 5.91 Å². The highest BCUT2D eigenvalue weighted by molar-refractivity contribution is 5.92. The molecule has 0 radical (unpaired) electrons. The number of carbonyl (C=O) groups is 1. The van der Waals surface area contributed by atoms with Crippen LogP contribution in [0.2, 0.25) is 0 Å². The SMILES string of the molecule is CN(CC(=O)Nc1c(C#N)cnn1-c1ccccc1)Cc1ccccc1. The lowest BCUT2D eigenvalue weighted by Gasteiger charge is -2.17. The van der Waals surface area contributed by atoms with Crippen molar-refractivity contribution in [1.82, 2.24) is 14.7 Å². The molecule has 6 heteroatoms. The van der Waals surface area contributed by atoms with E-state index >= 15 is 0 Å². The summed E-state index contributed by atoms with van der Waals surface area (Å²) in [7, 11) is 1.88. The molecule has 0 aliphatic rings. The Labute approximate surface area is 152 Å². The van der Waals surface area contributed by atoms with Crippen molar-refractivity contribution in [1.29, 1.82) is 5.26 Å². The number of rotatable bonds is 6. The van der Waals surface area contributed by atoms with Crippen LogP contribution in [0.25, 0.3) is 5.69 Å². The number of para-hydroxylation sites is 1. The number of benzene rings is 2.